The molecule has 1 radical (unpaired) electrons. The van der Waals surface area contributed by atoms with Crippen molar-refractivity contribution in [1.29, 1.82) is 0 Å². The Labute approximate surface area is 130 Å². The van der Waals surface area contributed by atoms with E-state index in [0.29, 0.717) is 0 Å². The molecular weight excluding hydrogens is 240 g/mol. The summed E-state index contributed by atoms with van der Waals surface area (Å²) in [6.07, 6.45) is 19.8. The van der Waals surface area contributed by atoms with E-state index in [2.05, 4.69) is 27.7 Å². The molecule has 0 nitrogen and oxygen atoms in total. The Balaban J connectivity index is 3.32. The minimum atomic E-state index is 0.861. The van der Waals surface area contributed by atoms with Crippen LogP contribution in [0.3, 0.4) is 0 Å². The summed E-state index contributed by atoms with van der Waals surface area (Å²) in [7, 11) is 0. The zero-order valence-corrected chi connectivity index (χ0v) is 14.8. The maximum atomic E-state index is 3.97. The lowest BCUT2D eigenvalue weighted by atomic mass is 9.86. The Hall–Kier alpha value is 0. The minimum absolute atomic E-state index is 0.861. The molecule has 0 fully saturated rings. The van der Waals surface area contributed by atoms with Gasteiger partial charge in [0.15, 0.2) is 0 Å². The van der Waals surface area contributed by atoms with Crippen molar-refractivity contribution in [3.05, 3.63) is 6.92 Å². The molecule has 0 aliphatic rings. The quantitative estimate of drug-likeness (QED) is 0.271. The van der Waals surface area contributed by atoms with E-state index in [4.69, 9.17) is 0 Å². The molecule has 0 saturated carbocycles. The van der Waals surface area contributed by atoms with Gasteiger partial charge in [0.05, 0.1) is 0 Å². The molecule has 1 unspecified atom stereocenters. The number of hydrogen-bond acceptors (Lipinski definition) is 0. The zero-order chi connectivity index (χ0) is 15.1. The van der Waals surface area contributed by atoms with Crippen molar-refractivity contribution in [1.82, 2.24) is 0 Å². The Kier molecular flexibility index (Phi) is 15.4. The van der Waals surface area contributed by atoms with E-state index in [0.717, 1.165) is 18.3 Å². The predicted octanol–water partition coefficient (Wildman–Crippen LogP) is 7.57. The Morgan fingerprint density at radius 1 is 0.650 bits per heavy atom. The molecule has 121 valence electrons. The van der Waals surface area contributed by atoms with Crippen LogP contribution in [0.5, 0.6) is 0 Å². The first-order valence-electron chi connectivity index (χ1n) is 9.51. The van der Waals surface area contributed by atoms with E-state index in [1.54, 1.807) is 0 Å². The molecule has 0 rings (SSSR count). The van der Waals surface area contributed by atoms with Crippen molar-refractivity contribution in [3.63, 3.8) is 0 Å². The van der Waals surface area contributed by atoms with Gasteiger partial charge in [-0.3, -0.25) is 0 Å². The first-order valence-corrected chi connectivity index (χ1v) is 9.51. The summed E-state index contributed by atoms with van der Waals surface area (Å²) in [6, 6.07) is 0. The van der Waals surface area contributed by atoms with Crippen molar-refractivity contribution in [2.45, 2.75) is 111 Å². The van der Waals surface area contributed by atoms with E-state index < -0.39 is 0 Å². The maximum absolute atomic E-state index is 3.97. The van der Waals surface area contributed by atoms with Crippen molar-refractivity contribution < 1.29 is 0 Å². The third-order valence-corrected chi connectivity index (χ3v) is 4.70. The molecule has 0 bridgehead atoms. The average molecular weight is 282 g/mol. The average Bonchev–Trinajstić information content (AvgIpc) is 2.43. The largest absolute Gasteiger partial charge is 0.0654 e. The third kappa shape index (κ3) is 13.0. The van der Waals surface area contributed by atoms with Gasteiger partial charge < -0.3 is 0 Å². The lowest BCUT2D eigenvalue weighted by Gasteiger charge is -2.20. The molecule has 0 aliphatic carbocycles. The maximum Gasteiger partial charge on any atom is -0.0391 e. The molecule has 0 amide bonds. The van der Waals surface area contributed by atoms with E-state index >= 15 is 0 Å². The molecule has 0 heterocycles. The topological polar surface area (TPSA) is 0 Å². The first-order chi connectivity index (χ1) is 9.72. The van der Waals surface area contributed by atoms with Crippen LogP contribution in [-0.4, -0.2) is 0 Å². The van der Waals surface area contributed by atoms with Crippen molar-refractivity contribution in [3.8, 4) is 0 Å². The first kappa shape index (κ1) is 20.0. The van der Waals surface area contributed by atoms with E-state index in [1.807, 2.05) is 0 Å². The summed E-state index contributed by atoms with van der Waals surface area (Å²) in [5, 5.41) is 0. The van der Waals surface area contributed by atoms with E-state index in [9.17, 15) is 0 Å². The highest BCUT2D eigenvalue weighted by atomic mass is 14.2. The highest BCUT2D eigenvalue weighted by molar-refractivity contribution is 4.64. The molecule has 0 heteroatoms. The van der Waals surface area contributed by atoms with Crippen molar-refractivity contribution in [2.75, 3.05) is 0 Å². The van der Waals surface area contributed by atoms with Gasteiger partial charge in [-0.15, -0.1) is 0 Å². The summed E-state index contributed by atoms with van der Waals surface area (Å²) >= 11 is 0. The van der Waals surface area contributed by atoms with Gasteiger partial charge in [-0.2, -0.15) is 0 Å². The normalized spacial score (nSPS) is 13.1. The standard InChI is InChI=1S/C20H41/c1-5-7-9-10-11-12-13-14-15-16-18-20(19(3)4)17-8-6-2/h19-20H,2,5-18H2,1,3-4H3. The fourth-order valence-corrected chi connectivity index (χ4v) is 3.11. The fourth-order valence-electron chi connectivity index (χ4n) is 3.11. The molecule has 0 spiro atoms. The minimum Gasteiger partial charge on any atom is -0.0654 e. The highest BCUT2D eigenvalue weighted by Gasteiger charge is 2.11. The van der Waals surface area contributed by atoms with Crippen LogP contribution < -0.4 is 0 Å². The van der Waals surface area contributed by atoms with Gasteiger partial charge in [0.25, 0.3) is 0 Å². The van der Waals surface area contributed by atoms with E-state index in [1.165, 1.54) is 83.5 Å². The summed E-state index contributed by atoms with van der Waals surface area (Å²) in [5.41, 5.74) is 0. The fraction of sp³-hybridized carbons (Fsp3) is 0.950. The Morgan fingerprint density at radius 2 is 1.10 bits per heavy atom. The van der Waals surface area contributed by atoms with Crippen LogP contribution in [0.2, 0.25) is 0 Å². The molecule has 0 N–H and O–H groups in total. The van der Waals surface area contributed by atoms with Gasteiger partial charge in [-0.1, -0.05) is 118 Å². The number of hydrogen-bond donors (Lipinski definition) is 0. The monoisotopic (exact) mass is 281 g/mol. The smallest absolute Gasteiger partial charge is 0.0391 e. The molecule has 0 aromatic rings. The molecule has 0 saturated heterocycles. The summed E-state index contributed by atoms with van der Waals surface area (Å²) < 4.78 is 0. The summed E-state index contributed by atoms with van der Waals surface area (Å²) in [4.78, 5) is 0. The van der Waals surface area contributed by atoms with Crippen LogP contribution in [0.4, 0.5) is 0 Å². The van der Waals surface area contributed by atoms with Gasteiger partial charge in [-0.25, -0.2) is 0 Å². The van der Waals surface area contributed by atoms with Gasteiger partial charge in [0.2, 0.25) is 0 Å². The summed E-state index contributed by atoms with van der Waals surface area (Å²) in [6.45, 7) is 11.1. The summed E-state index contributed by atoms with van der Waals surface area (Å²) in [5.74, 6) is 1.81. The van der Waals surface area contributed by atoms with Crippen LogP contribution in [0.15, 0.2) is 0 Å². The molecule has 20 heavy (non-hydrogen) atoms. The molecule has 0 aromatic carbocycles. The van der Waals surface area contributed by atoms with Crippen molar-refractivity contribution >= 4 is 0 Å². The van der Waals surface area contributed by atoms with Crippen LogP contribution in [-0.2, 0) is 0 Å². The second-order valence-corrected chi connectivity index (χ2v) is 6.97. The third-order valence-electron chi connectivity index (χ3n) is 4.70. The number of rotatable bonds is 15. The van der Waals surface area contributed by atoms with Gasteiger partial charge in [0.1, 0.15) is 0 Å². The van der Waals surface area contributed by atoms with Gasteiger partial charge in [-0.05, 0) is 11.8 Å². The molecular formula is C20H41. The van der Waals surface area contributed by atoms with Crippen molar-refractivity contribution in [2.24, 2.45) is 11.8 Å². The predicted molar refractivity (Wildman–Crippen MR) is 94.0 cm³/mol. The molecule has 0 aliphatic heterocycles. The van der Waals surface area contributed by atoms with Gasteiger partial charge >= 0.3 is 0 Å². The SMILES string of the molecule is [CH2]CCCC(CCCCCCCCCCCC)C(C)C. The molecule has 1 atom stereocenters. The molecule has 0 aromatic heterocycles. The number of unbranched alkanes of at least 4 members (excludes halogenated alkanes) is 10. The second-order valence-electron chi connectivity index (χ2n) is 6.97. The van der Waals surface area contributed by atoms with E-state index in [-0.39, 0.29) is 0 Å². The lowest BCUT2D eigenvalue weighted by Crippen LogP contribution is -2.08. The highest BCUT2D eigenvalue weighted by Crippen LogP contribution is 2.24. The Morgan fingerprint density at radius 3 is 1.55 bits per heavy atom. The Bertz CT molecular complexity index is 171. The van der Waals surface area contributed by atoms with Crippen LogP contribution >= 0.6 is 0 Å². The second kappa shape index (κ2) is 15.4. The van der Waals surface area contributed by atoms with Crippen LogP contribution in [0.1, 0.15) is 111 Å². The van der Waals surface area contributed by atoms with Crippen LogP contribution in [0, 0.1) is 18.8 Å². The van der Waals surface area contributed by atoms with Crippen LogP contribution in [0.25, 0.3) is 0 Å². The van der Waals surface area contributed by atoms with Gasteiger partial charge in [0, 0.05) is 0 Å². The zero-order valence-electron chi connectivity index (χ0n) is 14.8. The lowest BCUT2D eigenvalue weighted by molar-refractivity contribution is 0.317.